The smallest absolute Gasteiger partial charge is 0.248 e. The maximum Gasteiger partial charge on any atom is 0.248 e. The van der Waals surface area contributed by atoms with Crippen LogP contribution in [0.1, 0.15) is 35.7 Å². The van der Waals surface area contributed by atoms with Crippen LogP contribution in [0.3, 0.4) is 0 Å². The molecule has 0 bridgehead atoms. The molecular weight excluding hydrogens is 238 g/mol. The average Bonchev–Trinajstić information content (AvgIpc) is 2.41. The Hall–Kier alpha value is -1.39. The van der Waals surface area contributed by atoms with Crippen molar-refractivity contribution in [3.8, 4) is 0 Å². The summed E-state index contributed by atoms with van der Waals surface area (Å²) in [6, 6.07) is 8.01. The lowest BCUT2D eigenvalue weighted by molar-refractivity contribution is 0.0999. The van der Waals surface area contributed by atoms with Crippen LogP contribution >= 0.6 is 0 Å². The number of nitrogens with zero attached hydrogens (tertiary/aromatic N) is 1. The predicted octanol–water partition coefficient (Wildman–Crippen LogP) is 1.34. The van der Waals surface area contributed by atoms with E-state index in [1.807, 2.05) is 18.2 Å². The third kappa shape index (κ3) is 3.55. The normalized spacial score (nSPS) is 24.3. The van der Waals surface area contributed by atoms with Crippen LogP contribution in [-0.4, -0.2) is 29.9 Å². The van der Waals surface area contributed by atoms with Crippen molar-refractivity contribution in [2.75, 3.05) is 13.1 Å². The van der Waals surface area contributed by atoms with Crippen LogP contribution in [0.5, 0.6) is 0 Å². The zero-order valence-electron chi connectivity index (χ0n) is 11.5. The second-order valence-electron chi connectivity index (χ2n) is 5.55. The molecular formula is C15H23N3O. The predicted molar refractivity (Wildman–Crippen MR) is 76.6 cm³/mol. The summed E-state index contributed by atoms with van der Waals surface area (Å²) in [5, 5.41) is 0. The minimum atomic E-state index is -0.371. The zero-order valence-corrected chi connectivity index (χ0v) is 11.5. The molecule has 1 amide bonds. The second-order valence-corrected chi connectivity index (χ2v) is 5.55. The molecule has 4 nitrogen and oxygen atoms in total. The molecule has 1 aromatic rings. The molecule has 19 heavy (non-hydrogen) atoms. The average molecular weight is 261 g/mol. The topological polar surface area (TPSA) is 72.3 Å². The lowest BCUT2D eigenvalue weighted by atomic mass is 9.92. The van der Waals surface area contributed by atoms with Crippen LogP contribution in [0.4, 0.5) is 0 Å². The summed E-state index contributed by atoms with van der Waals surface area (Å²) < 4.78 is 0. The molecule has 4 N–H and O–H groups in total. The molecule has 0 aliphatic carbocycles. The van der Waals surface area contributed by atoms with Crippen LogP contribution in [0.2, 0.25) is 0 Å². The SMILES string of the molecule is CC1CCN(Cc2cccc(C(N)=O)c2)C(CN)C1. The largest absolute Gasteiger partial charge is 0.366 e. The van der Waals surface area contributed by atoms with Crippen molar-refractivity contribution in [1.29, 1.82) is 0 Å². The Morgan fingerprint density at radius 1 is 1.47 bits per heavy atom. The van der Waals surface area contributed by atoms with Gasteiger partial charge < -0.3 is 11.5 Å². The molecule has 1 fully saturated rings. The Balaban J connectivity index is 2.07. The molecule has 1 heterocycles. The summed E-state index contributed by atoms with van der Waals surface area (Å²) in [7, 11) is 0. The van der Waals surface area contributed by atoms with Gasteiger partial charge in [0, 0.05) is 24.7 Å². The van der Waals surface area contributed by atoms with E-state index in [0.717, 1.165) is 31.0 Å². The molecule has 2 atom stereocenters. The first-order valence-corrected chi connectivity index (χ1v) is 6.93. The van der Waals surface area contributed by atoms with E-state index in [0.29, 0.717) is 18.2 Å². The highest BCUT2D eigenvalue weighted by atomic mass is 16.1. The van der Waals surface area contributed by atoms with Gasteiger partial charge in [-0.15, -0.1) is 0 Å². The lowest BCUT2D eigenvalue weighted by Gasteiger charge is -2.38. The van der Waals surface area contributed by atoms with E-state index in [-0.39, 0.29) is 5.91 Å². The molecule has 2 rings (SSSR count). The van der Waals surface area contributed by atoms with Gasteiger partial charge in [0.15, 0.2) is 0 Å². The van der Waals surface area contributed by atoms with Gasteiger partial charge in [0.1, 0.15) is 0 Å². The van der Waals surface area contributed by atoms with Gasteiger partial charge in [-0.2, -0.15) is 0 Å². The molecule has 4 heteroatoms. The number of nitrogens with two attached hydrogens (primary N) is 2. The molecule has 104 valence electrons. The van der Waals surface area contributed by atoms with Crippen molar-refractivity contribution in [2.45, 2.75) is 32.4 Å². The fraction of sp³-hybridized carbons (Fsp3) is 0.533. The van der Waals surface area contributed by atoms with Crippen molar-refractivity contribution >= 4 is 5.91 Å². The highest BCUT2D eigenvalue weighted by Gasteiger charge is 2.25. The van der Waals surface area contributed by atoms with Crippen LogP contribution in [0, 0.1) is 5.92 Å². The van der Waals surface area contributed by atoms with E-state index in [2.05, 4.69) is 11.8 Å². The van der Waals surface area contributed by atoms with Gasteiger partial charge >= 0.3 is 0 Å². The van der Waals surface area contributed by atoms with E-state index in [9.17, 15) is 4.79 Å². The van der Waals surface area contributed by atoms with E-state index in [4.69, 9.17) is 11.5 Å². The summed E-state index contributed by atoms with van der Waals surface area (Å²) in [4.78, 5) is 13.6. The zero-order chi connectivity index (χ0) is 13.8. The standard InChI is InChI=1S/C15H23N3O/c1-11-5-6-18(14(7-11)9-16)10-12-3-2-4-13(8-12)15(17)19/h2-4,8,11,14H,5-7,9-10,16H2,1H3,(H2,17,19). The number of rotatable bonds is 4. The van der Waals surface area contributed by atoms with Gasteiger partial charge in [0.05, 0.1) is 0 Å². The Morgan fingerprint density at radius 3 is 2.95 bits per heavy atom. The number of amides is 1. The van der Waals surface area contributed by atoms with Crippen molar-refractivity contribution in [1.82, 2.24) is 4.90 Å². The van der Waals surface area contributed by atoms with Crippen LogP contribution in [0.15, 0.2) is 24.3 Å². The lowest BCUT2D eigenvalue weighted by Crippen LogP contribution is -2.45. The van der Waals surface area contributed by atoms with E-state index in [1.54, 1.807) is 6.07 Å². The summed E-state index contributed by atoms with van der Waals surface area (Å²) in [5.74, 6) is 0.381. The maximum atomic E-state index is 11.2. The van der Waals surface area contributed by atoms with Gasteiger partial charge in [-0.3, -0.25) is 9.69 Å². The number of carbonyl (C=O) groups excluding carboxylic acids is 1. The number of primary amides is 1. The number of piperidine rings is 1. The Morgan fingerprint density at radius 2 is 2.26 bits per heavy atom. The van der Waals surface area contributed by atoms with Crippen LogP contribution < -0.4 is 11.5 Å². The third-order valence-electron chi connectivity index (χ3n) is 3.97. The second kappa shape index (κ2) is 6.17. The van der Waals surface area contributed by atoms with Crippen molar-refractivity contribution in [2.24, 2.45) is 17.4 Å². The third-order valence-corrected chi connectivity index (χ3v) is 3.97. The summed E-state index contributed by atoms with van der Waals surface area (Å²) in [6.07, 6.45) is 2.37. The molecule has 1 aliphatic rings. The molecule has 1 aliphatic heterocycles. The van der Waals surface area contributed by atoms with Crippen molar-refractivity contribution in [3.63, 3.8) is 0 Å². The van der Waals surface area contributed by atoms with Crippen LogP contribution in [0.25, 0.3) is 0 Å². The van der Waals surface area contributed by atoms with E-state index >= 15 is 0 Å². The number of likely N-dealkylation sites (tertiary alicyclic amines) is 1. The molecule has 0 radical (unpaired) electrons. The number of carbonyl (C=O) groups is 1. The molecule has 2 unspecified atom stereocenters. The number of benzene rings is 1. The monoisotopic (exact) mass is 261 g/mol. The number of hydrogen-bond acceptors (Lipinski definition) is 3. The first-order valence-electron chi connectivity index (χ1n) is 6.93. The molecule has 0 aromatic heterocycles. The summed E-state index contributed by atoms with van der Waals surface area (Å²) in [6.45, 7) is 4.90. The molecule has 0 saturated carbocycles. The minimum absolute atomic E-state index is 0.371. The fourth-order valence-electron chi connectivity index (χ4n) is 2.81. The van der Waals surface area contributed by atoms with Gasteiger partial charge in [0.2, 0.25) is 5.91 Å². The first kappa shape index (κ1) is 14.0. The van der Waals surface area contributed by atoms with Crippen molar-refractivity contribution in [3.05, 3.63) is 35.4 Å². The van der Waals surface area contributed by atoms with Crippen LogP contribution in [-0.2, 0) is 6.54 Å². The molecule has 1 aromatic carbocycles. The fourth-order valence-corrected chi connectivity index (χ4v) is 2.81. The first-order chi connectivity index (χ1) is 9.10. The van der Waals surface area contributed by atoms with Gasteiger partial charge in [-0.25, -0.2) is 0 Å². The Labute approximate surface area is 114 Å². The highest BCUT2D eigenvalue weighted by Crippen LogP contribution is 2.23. The van der Waals surface area contributed by atoms with Gasteiger partial charge in [-0.05, 0) is 43.0 Å². The van der Waals surface area contributed by atoms with E-state index in [1.165, 1.54) is 6.42 Å². The number of hydrogen-bond donors (Lipinski definition) is 2. The Kier molecular flexibility index (Phi) is 4.56. The minimum Gasteiger partial charge on any atom is -0.366 e. The van der Waals surface area contributed by atoms with Gasteiger partial charge in [-0.1, -0.05) is 19.1 Å². The Bertz CT molecular complexity index is 447. The van der Waals surface area contributed by atoms with Gasteiger partial charge in [0.25, 0.3) is 0 Å². The maximum absolute atomic E-state index is 11.2. The summed E-state index contributed by atoms with van der Waals surface area (Å²) >= 11 is 0. The van der Waals surface area contributed by atoms with Crippen molar-refractivity contribution < 1.29 is 4.79 Å². The highest BCUT2D eigenvalue weighted by molar-refractivity contribution is 5.92. The molecule has 0 spiro atoms. The summed E-state index contributed by atoms with van der Waals surface area (Å²) in [5.41, 5.74) is 12.9. The quantitative estimate of drug-likeness (QED) is 0.859. The molecule has 1 saturated heterocycles. The van der Waals surface area contributed by atoms with E-state index < -0.39 is 0 Å².